The van der Waals surface area contributed by atoms with Gasteiger partial charge in [0.15, 0.2) is 5.13 Å². The predicted molar refractivity (Wildman–Crippen MR) is 125 cm³/mol. The topological polar surface area (TPSA) is 71.1 Å². The molecule has 0 fully saturated rings. The summed E-state index contributed by atoms with van der Waals surface area (Å²) in [6.07, 6.45) is 0. The second-order valence-corrected chi connectivity index (χ2v) is 9.19. The van der Waals surface area contributed by atoms with Crippen molar-refractivity contribution in [3.63, 3.8) is 0 Å². The minimum Gasteiger partial charge on any atom is -0.353 e. The lowest BCUT2D eigenvalue weighted by molar-refractivity contribution is -0.119. The molecule has 2 aromatic carbocycles. The van der Waals surface area contributed by atoms with Crippen molar-refractivity contribution in [1.82, 2.24) is 10.3 Å². The van der Waals surface area contributed by atoms with E-state index in [-0.39, 0.29) is 23.6 Å². The van der Waals surface area contributed by atoms with Crippen LogP contribution in [0.3, 0.4) is 0 Å². The van der Waals surface area contributed by atoms with E-state index in [2.05, 4.69) is 47.7 Å². The maximum absolute atomic E-state index is 12.9. The highest BCUT2D eigenvalue weighted by Gasteiger charge is 2.15. The Morgan fingerprint density at radius 1 is 1.13 bits per heavy atom. The molecule has 2 amide bonds. The molecule has 1 aromatic heterocycles. The third-order valence-electron chi connectivity index (χ3n) is 4.32. The van der Waals surface area contributed by atoms with Gasteiger partial charge in [-0.05, 0) is 45.4 Å². The van der Waals surface area contributed by atoms with E-state index in [1.165, 1.54) is 28.7 Å². The molecule has 156 valence electrons. The molecule has 0 radical (unpaired) electrons. The number of carbonyl (C=O) groups is 2. The first-order valence-electron chi connectivity index (χ1n) is 9.69. The molecule has 7 heteroatoms. The summed E-state index contributed by atoms with van der Waals surface area (Å²) in [5.41, 5.74) is 4.80. The van der Waals surface area contributed by atoms with Crippen LogP contribution in [0.5, 0.6) is 0 Å². The Morgan fingerprint density at radius 2 is 1.90 bits per heavy atom. The van der Waals surface area contributed by atoms with Crippen molar-refractivity contribution in [2.24, 2.45) is 0 Å². The number of benzene rings is 2. The summed E-state index contributed by atoms with van der Waals surface area (Å²) in [4.78, 5) is 30.2. The van der Waals surface area contributed by atoms with E-state index in [1.54, 1.807) is 6.07 Å². The number of amides is 2. The monoisotopic (exact) mass is 439 g/mol. The van der Waals surface area contributed by atoms with Crippen molar-refractivity contribution in [2.75, 3.05) is 11.1 Å². The molecule has 0 spiro atoms. The summed E-state index contributed by atoms with van der Waals surface area (Å²) in [6, 6.07) is 13.6. The van der Waals surface area contributed by atoms with Gasteiger partial charge in [0.2, 0.25) is 5.91 Å². The van der Waals surface area contributed by atoms with Gasteiger partial charge < -0.3 is 5.32 Å². The average Bonchev–Trinajstić information content (AvgIpc) is 3.14. The lowest BCUT2D eigenvalue weighted by Crippen LogP contribution is -2.31. The van der Waals surface area contributed by atoms with Gasteiger partial charge in [-0.1, -0.05) is 35.9 Å². The Labute approximate surface area is 185 Å². The number of aryl methyl sites for hydroxylation is 2. The van der Waals surface area contributed by atoms with Gasteiger partial charge in [0, 0.05) is 21.9 Å². The van der Waals surface area contributed by atoms with Gasteiger partial charge in [0.05, 0.1) is 17.0 Å². The van der Waals surface area contributed by atoms with Gasteiger partial charge in [-0.25, -0.2) is 4.98 Å². The third kappa shape index (κ3) is 5.70. The van der Waals surface area contributed by atoms with E-state index >= 15 is 0 Å². The molecule has 1 heterocycles. The Bertz CT molecular complexity index is 1060. The molecule has 0 unspecified atom stereocenters. The van der Waals surface area contributed by atoms with E-state index < -0.39 is 0 Å². The number of hydrogen-bond acceptors (Lipinski definition) is 5. The minimum absolute atomic E-state index is 0.0526. The number of nitrogens with zero attached hydrogens (tertiary/aromatic N) is 1. The summed E-state index contributed by atoms with van der Waals surface area (Å²) >= 11 is 2.75. The number of anilines is 1. The first kappa shape index (κ1) is 22.1. The summed E-state index contributed by atoms with van der Waals surface area (Å²) in [7, 11) is 0. The molecule has 0 aliphatic carbocycles. The molecule has 30 heavy (non-hydrogen) atoms. The minimum atomic E-state index is -0.233. The third-order valence-corrected chi connectivity index (χ3v) is 6.15. The number of thioether (sulfide) groups is 1. The predicted octanol–water partition coefficient (Wildman–Crippen LogP) is 5.30. The van der Waals surface area contributed by atoms with E-state index in [4.69, 9.17) is 0 Å². The molecule has 0 aliphatic heterocycles. The van der Waals surface area contributed by atoms with Crippen molar-refractivity contribution in [2.45, 2.75) is 38.6 Å². The second-order valence-electron chi connectivity index (χ2n) is 7.32. The summed E-state index contributed by atoms with van der Waals surface area (Å²) < 4.78 is 0. The molecular weight excluding hydrogens is 414 g/mol. The smallest absolute Gasteiger partial charge is 0.258 e. The largest absolute Gasteiger partial charge is 0.353 e. The average molecular weight is 440 g/mol. The van der Waals surface area contributed by atoms with Crippen molar-refractivity contribution >= 4 is 40.0 Å². The highest BCUT2D eigenvalue weighted by atomic mass is 32.2. The SMILES string of the molecule is Cc1ccc(-c2csc(NC(=O)c3ccccc3SCC(=O)NC(C)C)n2)c(C)c1. The molecule has 0 atom stereocenters. The fraction of sp³-hybridized carbons (Fsp3) is 0.261. The Balaban J connectivity index is 1.71. The van der Waals surface area contributed by atoms with Crippen LogP contribution in [-0.2, 0) is 4.79 Å². The fourth-order valence-electron chi connectivity index (χ4n) is 3.01. The molecule has 0 saturated heterocycles. The fourth-order valence-corrected chi connectivity index (χ4v) is 4.57. The van der Waals surface area contributed by atoms with Gasteiger partial charge in [0.25, 0.3) is 5.91 Å². The molecule has 0 saturated carbocycles. The van der Waals surface area contributed by atoms with Crippen LogP contribution in [0.4, 0.5) is 5.13 Å². The number of hydrogen-bond donors (Lipinski definition) is 2. The van der Waals surface area contributed by atoms with Gasteiger partial charge in [-0.3, -0.25) is 14.9 Å². The number of nitrogens with one attached hydrogen (secondary N) is 2. The summed E-state index contributed by atoms with van der Waals surface area (Å²) in [5.74, 6) is -0.0246. The molecule has 0 aliphatic rings. The van der Waals surface area contributed by atoms with Crippen LogP contribution in [-0.4, -0.2) is 28.6 Å². The van der Waals surface area contributed by atoms with Crippen LogP contribution < -0.4 is 10.6 Å². The first-order valence-corrected chi connectivity index (χ1v) is 11.6. The molecular formula is C23H25N3O2S2. The zero-order valence-corrected chi connectivity index (χ0v) is 19.1. The second kappa shape index (κ2) is 9.91. The van der Waals surface area contributed by atoms with Crippen LogP contribution in [0, 0.1) is 13.8 Å². The van der Waals surface area contributed by atoms with Crippen LogP contribution in [0.25, 0.3) is 11.3 Å². The van der Waals surface area contributed by atoms with E-state index in [1.807, 2.05) is 37.4 Å². The van der Waals surface area contributed by atoms with Gasteiger partial charge in [0.1, 0.15) is 0 Å². The first-order chi connectivity index (χ1) is 14.3. The van der Waals surface area contributed by atoms with Crippen LogP contribution >= 0.6 is 23.1 Å². The maximum Gasteiger partial charge on any atom is 0.258 e. The summed E-state index contributed by atoms with van der Waals surface area (Å²) in [5, 5.41) is 8.25. The van der Waals surface area contributed by atoms with E-state index in [9.17, 15) is 9.59 Å². The summed E-state index contributed by atoms with van der Waals surface area (Å²) in [6.45, 7) is 7.96. The van der Waals surface area contributed by atoms with Gasteiger partial charge in [-0.15, -0.1) is 23.1 Å². The molecule has 3 rings (SSSR count). The Kier molecular flexibility index (Phi) is 7.29. The van der Waals surface area contributed by atoms with Gasteiger partial charge >= 0.3 is 0 Å². The van der Waals surface area contributed by atoms with Crippen molar-refractivity contribution in [1.29, 1.82) is 0 Å². The van der Waals surface area contributed by atoms with Gasteiger partial charge in [-0.2, -0.15) is 0 Å². The Morgan fingerprint density at radius 3 is 2.63 bits per heavy atom. The standard InChI is InChI=1S/C23H25N3O2S2/c1-14(2)24-21(27)13-29-20-8-6-5-7-18(20)22(28)26-23-25-19(12-30-23)17-10-9-15(3)11-16(17)4/h5-12,14H,13H2,1-4H3,(H,24,27)(H,25,26,28). The molecule has 0 bridgehead atoms. The van der Waals surface area contributed by atoms with Crippen LogP contribution in [0.1, 0.15) is 35.3 Å². The normalized spacial score (nSPS) is 10.8. The van der Waals surface area contributed by atoms with Crippen molar-refractivity contribution in [3.05, 3.63) is 64.5 Å². The van der Waals surface area contributed by atoms with Crippen molar-refractivity contribution < 1.29 is 9.59 Å². The zero-order chi connectivity index (χ0) is 21.7. The molecule has 2 N–H and O–H groups in total. The van der Waals surface area contributed by atoms with Crippen LogP contribution in [0.15, 0.2) is 52.7 Å². The number of rotatable bonds is 7. The Hall–Kier alpha value is -2.64. The molecule has 3 aromatic rings. The highest BCUT2D eigenvalue weighted by Crippen LogP contribution is 2.29. The van der Waals surface area contributed by atoms with Crippen molar-refractivity contribution in [3.8, 4) is 11.3 Å². The highest BCUT2D eigenvalue weighted by molar-refractivity contribution is 8.00. The van der Waals surface area contributed by atoms with E-state index in [0.29, 0.717) is 10.7 Å². The lowest BCUT2D eigenvalue weighted by Gasteiger charge is -2.10. The van der Waals surface area contributed by atoms with Crippen LogP contribution in [0.2, 0.25) is 0 Å². The lowest BCUT2D eigenvalue weighted by atomic mass is 10.0. The maximum atomic E-state index is 12.9. The number of carbonyl (C=O) groups excluding carboxylic acids is 2. The zero-order valence-electron chi connectivity index (χ0n) is 17.5. The molecule has 5 nitrogen and oxygen atoms in total. The van der Waals surface area contributed by atoms with E-state index in [0.717, 1.165) is 21.7 Å². The quantitative estimate of drug-likeness (QED) is 0.490. The number of thiazole rings is 1. The number of aromatic nitrogens is 1.